The summed E-state index contributed by atoms with van der Waals surface area (Å²) in [6.45, 7) is 5.32. The Morgan fingerprint density at radius 2 is 2.00 bits per heavy atom. The Labute approximate surface area is 129 Å². The minimum Gasteiger partial charge on any atom is -0.372 e. The number of benzene rings is 1. The second kappa shape index (κ2) is 5.88. The molecule has 2 atom stereocenters. The van der Waals surface area contributed by atoms with Crippen LogP contribution in [0.15, 0.2) is 22.7 Å². The van der Waals surface area contributed by atoms with Gasteiger partial charge in [-0.1, -0.05) is 15.9 Å². The van der Waals surface area contributed by atoms with Gasteiger partial charge in [-0.2, -0.15) is 0 Å². The van der Waals surface area contributed by atoms with Crippen molar-refractivity contribution < 1.29 is 9.53 Å². The number of morpholine rings is 1. The molecule has 1 saturated heterocycles. The van der Waals surface area contributed by atoms with Gasteiger partial charge in [-0.05, 0) is 54.6 Å². The van der Waals surface area contributed by atoms with Crippen molar-refractivity contribution in [2.45, 2.75) is 26.1 Å². The topological polar surface area (TPSA) is 29.5 Å². The van der Waals surface area contributed by atoms with Crippen molar-refractivity contribution in [1.29, 1.82) is 0 Å². The molecule has 1 aromatic rings. The van der Waals surface area contributed by atoms with Crippen LogP contribution in [0.1, 0.15) is 24.2 Å². The van der Waals surface area contributed by atoms with Crippen LogP contribution in [0.2, 0.25) is 0 Å². The second-order valence-electron chi connectivity index (χ2n) is 4.59. The Hall–Kier alpha value is -0.140. The quantitative estimate of drug-likeness (QED) is 0.648. The SMILES string of the molecule is C[C@@H]1CN(C(=O)c2cc(Br)ccc2I)C[C@H](C)O1. The number of amides is 1. The standard InChI is InChI=1S/C13H15BrINO2/c1-8-6-16(7-9(2)18-8)13(17)11-5-10(14)3-4-12(11)15/h3-5,8-9H,6-7H2,1-2H3/t8-,9+. The molecule has 2 rings (SSSR count). The zero-order chi connectivity index (χ0) is 13.3. The molecule has 1 aliphatic rings. The van der Waals surface area contributed by atoms with Gasteiger partial charge in [0.1, 0.15) is 0 Å². The van der Waals surface area contributed by atoms with Crippen LogP contribution in [-0.4, -0.2) is 36.1 Å². The zero-order valence-electron chi connectivity index (χ0n) is 10.3. The first kappa shape index (κ1) is 14.3. The van der Waals surface area contributed by atoms with Gasteiger partial charge in [0.25, 0.3) is 5.91 Å². The van der Waals surface area contributed by atoms with Crippen LogP contribution in [-0.2, 0) is 4.74 Å². The van der Waals surface area contributed by atoms with Crippen molar-refractivity contribution in [3.8, 4) is 0 Å². The smallest absolute Gasteiger partial charge is 0.255 e. The highest BCUT2D eigenvalue weighted by atomic mass is 127. The Bertz CT molecular complexity index is 456. The molecule has 1 aliphatic heterocycles. The highest BCUT2D eigenvalue weighted by Crippen LogP contribution is 2.21. The van der Waals surface area contributed by atoms with E-state index in [1.165, 1.54) is 0 Å². The predicted octanol–water partition coefficient (Wildman–Crippen LogP) is 3.30. The highest BCUT2D eigenvalue weighted by Gasteiger charge is 2.27. The third-order valence-corrected chi connectivity index (χ3v) is 4.30. The van der Waals surface area contributed by atoms with Gasteiger partial charge in [-0.15, -0.1) is 0 Å². The lowest BCUT2D eigenvalue weighted by molar-refractivity contribution is -0.0586. The first-order chi connectivity index (χ1) is 8.47. The largest absolute Gasteiger partial charge is 0.372 e. The van der Waals surface area contributed by atoms with E-state index in [9.17, 15) is 4.79 Å². The summed E-state index contributed by atoms with van der Waals surface area (Å²) in [4.78, 5) is 14.4. The number of carbonyl (C=O) groups is 1. The fourth-order valence-corrected chi connectivity index (χ4v) is 3.10. The van der Waals surface area contributed by atoms with E-state index in [1.807, 2.05) is 36.9 Å². The van der Waals surface area contributed by atoms with E-state index in [-0.39, 0.29) is 18.1 Å². The lowest BCUT2D eigenvalue weighted by atomic mass is 10.1. The molecule has 98 valence electrons. The van der Waals surface area contributed by atoms with Crippen molar-refractivity contribution in [1.82, 2.24) is 4.90 Å². The Morgan fingerprint density at radius 1 is 1.39 bits per heavy atom. The molecule has 18 heavy (non-hydrogen) atoms. The zero-order valence-corrected chi connectivity index (χ0v) is 14.1. The van der Waals surface area contributed by atoms with E-state index in [2.05, 4.69) is 38.5 Å². The molecular formula is C13H15BrINO2. The molecule has 0 aromatic heterocycles. The molecule has 1 fully saturated rings. The summed E-state index contributed by atoms with van der Waals surface area (Å²) in [5.74, 6) is 0.0858. The van der Waals surface area contributed by atoms with Crippen LogP contribution >= 0.6 is 38.5 Å². The average molecular weight is 424 g/mol. The number of hydrogen-bond donors (Lipinski definition) is 0. The van der Waals surface area contributed by atoms with Crippen LogP contribution in [0.25, 0.3) is 0 Å². The van der Waals surface area contributed by atoms with Crippen LogP contribution in [0.5, 0.6) is 0 Å². The van der Waals surface area contributed by atoms with Gasteiger partial charge in [0, 0.05) is 21.1 Å². The molecule has 0 N–H and O–H groups in total. The van der Waals surface area contributed by atoms with Gasteiger partial charge in [0.2, 0.25) is 0 Å². The van der Waals surface area contributed by atoms with Gasteiger partial charge >= 0.3 is 0 Å². The lowest BCUT2D eigenvalue weighted by Gasteiger charge is -2.35. The summed E-state index contributed by atoms with van der Waals surface area (Å²) in [5, 5.41) is 0. The highest BCUT2D eigenvalue weighted by molar-refractivity contribution is 14.1. The van der Waals surface area contributed by atoms with Crippen LogP contribution in [0.3, 0.4) is 0 Å². The summed E-state index contributed by atoms with van der Waals surface area (Å²) in [5.41, 5.74) is 0.756. The fraction of sp³-hybridized carbons (Fsp3) is 0.462. The third-order valence-electron chi connectivity index (χ3n) is 2.87. The Morgan fingerprint density at radius 3 is 2.61 bits per heavy atom. The number of rotatable bonds is 1. The normalized spacial score (nSPS) is 24.1. The van der Waals surface area contributed by atoms with Crippen LogP contribution < -0.4 is 0 Å². The molecule has 0 bridgehead atoms. The molecule has 1 heterocycles. The number of ether oxygens (including phenoxy) is 1. The summed E-state index contributed by atoms with van der Waals surface area (Å²) >= 11 is 5.61. The summed E-state index contributed by atoms with van der Waals surface area (Å²) < 4.78 is 7.56. The number of carbonyl (C=O) groups excluding carboxylic acids is 1. The molecule has 1 amide bonds. The predicted molar refractivity (Wildman–Crippen MR) is 82.8 cm³/mol. The molecule has 0 unspecified atom stereocenters. The summed E-state index contributed by atoms with van der Waals surface area (Å²) in [7, 11) is 0. The van der Waals surface area contributed by atoms with Gasteiger partial charge in [0.15, 0.2) is 0 Å². The maximum absolute atomic E-state index is 12.5. The minimum atomic E-state index is 0.0858. The van der Waals surface area contributed by atoms with Gasteiger partial charge in [-0.25, -0.2) is 0 Å². The van der Waals surface area contributed by atoms with Gasteiger partial charge < -0.3 is 9.64 Å². The summed E-state index contributed by atoms with van der Waals surface area (Å²) in [6.07, 6.45) is 0.199. The molecule has 0 spiro atoms. The minimum absolute atomic E-state index is 0.0858. The average Bonchev–Trinajstić information content (AvgIpc) is 2.30. The first-order valence-electron chi connectivity index (χ1n) is 5.87. The first-order valence-corrected chi connectivity index (χ1v) is 7.74. The van der Waals surface area contributed by atoms with E-state index in [0.717, 1.165) is 13.6 Å². The van der Waals surface area contributed by atoms with E-state index >= 15 is 0 Å². The van der Waals surface area contributed by atoms with Crippen molar-refractivity contribution in [3.05, 3.63) is 31.8 Å². The molecule has 1 aromatic carbocycles. The lowest BCUT2D eigenvalue weighted by Crippen LogP contribution is -2.48. The molecule has 0 saturated carbocycles. The van der Waals surface area contributed by atoms with Gasteiger partial charge in [0.05, 0.1) is 17.8 Å². The Balaban J connectivity index is 2.22. The van der Waals surface area contributed by atoms with Crippen molar-refractivity contribution in [2.75, 3.05) is 13.1 Å². The van der Waals surface area contributed by atoms with E-state index in [4.69, 9.17) is 4.74 Å². The molecule has 5 heteroatoms. The fourth-order valence-electron chi connectivity index (χ4n) is 2.18. The van der Waals surface area contributed by atoms with Crippen molar-refractivity contribution in [3.63, 3.8) is 0 Å². The molecule has 3 nitrogen and oxygen atoms in total. The van der Waals surface area contributed by atoms with E-state index in [1.54, 1.807) is 0 Å². The molecule has 0 aliphatic carbocycles. The maximum atomic E-state index is 12.5. The molecule has 0 radical (unpaired) electrons. The van der Waals surface area contributed by atoms with Gasteiger partial charge in [-0.3, -0.25) is 4.79 Å². The number of hydrogen-bond acceptors (Lipinski definition) is 2. The Kier molecular flexibility index (Phi) is 4.66. The van der Waals surface area contributed by atoms with Crippen molar-refractivity contribution >= 4 is 44.4 Å². The number of halogens is 2. The maximum Gasteiger partial charge on any atom is 0.255 e. The third kappa shape index (κ3) is 3.24. The van der Waals surface area contributed by atoms with Crippen LogP contribution in [0.4, 0.5) is 0 Å². The summed E-state index contributed by atoms with van der Waals surface area (Å²) in [6, 6.07) is 5.78. The molecular weight excluding hydrogens is 409 g/mol. The second-order valence-corrected chi connectivity index (χ2v) is 6.67. The van der Waals surface area contributed by atoms with Crippen molar-refractivity contribution in [2.24, 2.45) is 0 Å². The van der Waals surface area contributed by atoms with E-state index < -0.39 is 0 Å². The monoisotopic (exact) mass is 423 g/mol. The van der Waals surface area contributed by atoms with Crippen LogP contribution in [0, 0.1) is 3.57 Å². The number of nitrogens with zero attached hydrogens (tertiary/aromatic N) is 1. The van der Waals surface area contributed by atoms with E-state index in [0.29, 0.717) is 13.1 Å².